The molecular formula is C17H34F3GeHfN3. The minimum Gasteiger partial charge on any atom is 4.00 e. The fourth-order valence-electron chi connectivity index (χ4n) is 1.09. The first kappa shape index (κ1) is 33.1. The molecule has 0 aliphatic rings. The maximum absolute atomic E-state index is 11.8. The van der Waals surface area contributed by atoms with E-state index in [0.29, 0.717) is 19.6 Å². The summed E-state index contributed by atoms with van der Waals surface area (Å²) < 4.78 is 35.0. The zero-order chi connectivity index (χ0) is 19.3. The van der Waals surface area contributed by atoms with Crippen LogP contribution >= 0.6 is 0 Å². The first-order chi connectivity index (χ1) is 11.3. The zero-order valence-electron chi connectivity index (χ0n) is 15.8. The molecule has 0 aromatic heterocycles. The van der Waals surface area contributed by atoms with Crippen LogP contribution in [0.25, 0.3) is 17.2 Å². The van der Waals surface area contributed by atoms with Crippen LogP contribution in [0.2, 0.25) is 0 Å². The van der Waals surface area contributed by atoms with Crippen LogP contribution < -0.4 is 4.40 Å². The molecule has 3 nitrogen and oxygen atoms in total. The van der Waals surface area contributed by atoms with E-state index in [0.717, 1.165) is 50.7 Å². The van der Waals surface area contributed by atoms with Gasteiger partial charge >= 0.3 is 79.7 Å². The molecule has 1 aromatic rings. The molecule has 146 valence electrons. The van der Waals surface area contributed by atoms with Crippen molar-refractivity contribution in [2.45, 2.75) is 59.3 Å². The summed E-state index contributed by atoms with van der Waals surface area (Å²) in [7, 11) is 0. The van der Waals surface area contributed by atoms with Crippen molar-refractivity contribution in [1.82, 2.24) is 0 Å². The topological polar surface area (TPSA) is 71.4 Å². The summed E-state index contributed by atoms with van der Waals surface area (Å²) >= 11 is -5.94. The van der Waals surface area contributed by atoms with Gasteiger partial charge in [0.25, 0.3) is 0 Å². The molecule has 0 bridgehead atoms. The Balaban J connectivity index is -0.000000122. The molecule has 1 rings (SSSR count). The Bertz CT molecular complexity index is 290. The van der Waals surface area contributed by atoms with Gasteiger partial charge in [0.2, 0.25) is 0 Å². The Hall–Kier alpha value is 0.433. The fourth-order valence-corrected chi connectivity index (χ4v) is 2.29. The van der Waals surface area contributed by atoms with Crippen molar-refractivity contribution >= 4 is 19.1 Å². The number of hydrogen-bond acceptors (Lipinski definition) is 0. The number of halogens is 3. The van der Waals surface area contributed by atoms with Crippen LogP contribution in [-0.2, 0) is 25.8 Å². The summed E-state index contributed by atoms with van der Waals surface area (Å²) in [6.07, 6.45) is 6.64. The molecular weight excluding hydrogens is 554 g/mol. The molecule has 1 aromatic carbocycles. The minimum absolute atomic E-state index is 0. The average Bonchev–Trinajstić information content (AvgIpc) is 3.06. The van der Waals surface area contributed by atoms with Crippen molar-refractivity contribution in [3.05, 3.63) is 41.5 Å². The smallest absolute Gasteiger partial charge is 4.00 e. The van der Waals surface area contributed by atoms with Crippen molar-refractivity contribution in [3.8, 4) is 0 Å². The van der Waals surface area contributed by atoms with Gasteiger partial charge in [-0.3, -0.25) is 0 Å². The largest absolute Gasteiger partial charge is 4.00 e. The summed E-state index contributed by atoms with van der Waals surface area (Å²) in [5.41, 5.74) is 19.8. The second-order valence-electron chi connectivity index (χ2n) is 4.98. The van der Waals surface area contributed by atoms with Gasteiger partial charge in [0.05, 0.1) is 0 Å². The van der Waals surface area contributed by atoms with Crippen LogP contribution in [0.15, 0.2) is 24.3 Å². The standard InChI is InChI=1S/C5H4F3Ge.3C4H10N.Hf/c6-9(7,8)5-3-1-2-4-5;3*1-2-3-4-5;/h1-4H;3*5H,2-4H2,1H3;/q4*-1;+4. The molecule has 8 heteroatoms. The molecule has 0 heterocycles. The maximum atomic E-state index is 11.8. The van der Waals surface area contributed by atoms with Crippen molar-refractivity contribution in [2.75, 3.05) is 19.6 Å². The molecule has 0 amide bonds. The van der Waals surface area contributed by atoms with E-state index in [1.165, 1.54) is 12.1 Å². The second-order valence-corrected chi connectivity index (χ2v) is 8.28. The van der Waals surface area contributed by atoms with Gasteiger partial charge in [-0.2, -0.15) is 19.6 Å². The number of nitrogens with one attached hydrogen (secondary N) is 3. The number of unbranched alkanes of at least 4 members (excludes halogenated alkanes) is 3. The molecule has 0 radical (unpaired) electrons. The van der Waals surface area contributed by atoms with Crippen LogP contribution in [0.3, 0.4) is 0 Å². The third-order valence-electron chi connectivity index (χ3n) is 2.58. The molecule has 0 saturated carbocycles. The first-order valence-electron chi connectivity index (χ1n) is 8.58. The van der Waals surface area contributed by atoms with Crippen molar-refractivity contribution in [2.24, 2.45) is 0 Å². The Morgan fingerprint density at radius 1 is 0.720 bits per heavy atom. The Morgan fingerprint density at radius 3 is 1.08 bits per heavy atom. The van der Waals surface area contributed by atoms with E-state index in [-0.39, 0.29) is 25.8 Å². The molecule has 0 aliphatic carbocycles. The third kappa shape index (κ3) is 32.6. The second kappa shape index (κ2) is 26.7. The van der Waals surface area contributed by atoms with E-state index in [4.69, 9.17) is 17.2 Å². The fraction of sp³-hybridized carbons (Fsp3) is 0.706. The van der Waals surface area contributed by atoms with E-state index >= 15 is 0 Å². The molecule has 0 spiro atoms. The monoisotopic (exact) mass is 591 g/mol. The van der Waals surface area contributed by atoms with Gasteiger partial charge in [-0.05, 0) is 0 Å². The van der Waals surface area contributed by atoms with Crippen LogP contribution in [0, 0.1) is 0 Å². The summed E-state index contributed by atoms with van der Waals surface area (Å²) in [4.78, 5) is 0. The SMILES string of the molecule is CCCC[NH-].CCCC[NH-].CCCC[NH-].[F][Ge]([F])([F])[c-]1cccc1.[Hf+4]. The molecule has 0 saturated heterocycles. The number of rotatable bonds is 7. The molecule has 0 aliphatic heterocycles. The predicted molar refractivity (Wildman–Crippen MR) is 103 cm³/mol. The molecule has 0 fully saturated rings. The van der Waals surface area contributed by atoms with Crippen LogP contribution in [0.1, 0.15) is 59.3 Å². The van der Waals surface area contributed by atoms with Gasteiger partial charge in [0, 0.05) is 0 Å². The molecule has 0 atom stereocenters. The Morgan fingerprint density at radius 2 is 1.00 bits per heavy atom. The summed E-state index contributed by atoms with van der Waals surface area (Å²) in [6, 6.07) is 5.07. The minimum atomic E-state index is -5.94. The molecule has 3 N–H and O–H groups in total. The molecule has 0 unspecified atom stereocenters. The van der Waals surface area contributed by atoms with Crippen molar-refractivity contribution < 1.29 is 36.3 Å². The summed E-state index contributed by atoms with van der Waals surface area (Å²) in [5, 5.41) is 0. The van der Waals surface area contributed by atoms with Crippen LogP contribution in [0.4, 0.5) is 10.5 Å². The van der Waals surface area contributed by atoms with E-state index in [1.807, 2.05) is 0 Å². The van der Waals surface area contributed by atoms with Gasteiger partial charge in [-0.15, -0.1) is 0 Å². The van der Waals surface area contributed by atoms with Gasteiger partial charge in [-0.1, -0.05) is 59.3 Å². The Labute approximate surface area is 175 Å². The van der Waals surface area contributed by atoms with Gasteiger partial charge in [0.15, 0.2) is 0 Å². The quantitative estimate of drug-likeness (QED) is 0.244. The number of hydrogen-bond donors (Lipinski definition) is 0. The van der Waals surface area contributed by atoms with Gasteiger partial charge in [0.1, 0.15) is 0 Å². The van der Waals surface area contributed by atoms with Crippen LogP contribution in [-0.4, -0.2) is 34.3 Å². The Kier molecular flexibility index (Phi) is 35.2. The van der Waals surface area contributed by atoms with E-state index in [2.05, 4.69) is 20.8 Å². The van der Waals surface area contributed by atoms with Gasteiger partial charge in [-0.25, -0.2) is 0 Å². The predicted octanol–water partition coefficient (Wildman–Crippen LogP) is 6.97. The third-order valence-corrected chi connectivity index (χ3v) is 4.65. The summed E-state index contributed by atoms with van der Waals surface area (Å²) in [5.74, 6) is 0. The normalized spacial score (nSPS) is 9.32. The van der Waals surface area contributed by atoms with Crippen LogP contribution in [0.5, 0.6) is 0 Å². The first-order valence-corrected chi connectivity index (χ1v) is 12.0. The zero-order valence-corrected chi connectivity index (χ0v) is 21.5. The summed E-state index contributed by atoms with van der Waals surface area (Å²) in [6.45, 7) is 8.06. The van der Waals surface area contributed by atoms with E-state index < -0.39 is 19.1 Å². The van der Waals surface area contributed by atoms with Crippen molar-refractivity contribution in [1.29, 1.82) is 0 Å². The maximum Gasteiger partial charge on any atom is 4.00 e. The average molecular weight is 589 g/mol. The molecule has 25 heavy (non-hydrogen) atoms. The van der Waals surface area contributed by atoms with Gasteiger partial charge < -0.3 is 17.2 Å². The van der Waals surface area contributed by atoms with E-state index in [1.54, 1.807) is 0 Å². The van der Waals surface area contributed by atoms with Crippen molar-refractivity contribution in [3.63, 3.8) is 0 Å². The van der Waals surface area contributed by atoms with E-state index in [9.17, 15) is 10.5 Å².